The van der Waals surface area contributed by atoms with Gasteiger partial charge in [0.1, 0.15) is 5.75 Å². The van der Waals surface area contributed by atoms with E-state index in [4.69, 9.17) is 10.5 Å². The molecule has 3 heteroatoms. The molecule has 0 spiro atoms. The van der Waals surface area contributed by atoms with Crippen LogP contribution >= 0.6 is 0 Å². The molecule has 0 aromatic heterocycles. The van der Waals surface area contributed by atoms with Crippen LogP contribution in [0.1, 0.15) is 17.2 Å². The fourth-order valence-electron chi connectivity index (χ4n) is 1.69. The largest absolute Gasteiger partial charge is 0.493 e. The van der Waals surface area contributed by atoms with Crippen LogP contribution < -0.4 is 10.5 Å². The highest BCUT2D eigenvalue weighted by atomic mass is 16.5. The molecule has 1 heterocycles. The summed E-state index contributed by atoms with van der Waals surface area (Å²) >= 11 is 0. The lowest BCUT2D eigenvalue weighted by Gasteiger charge is -2.11. The minimum atomic E-state index is -0.559. The highest BCUT2D eigenvalue weighted by Gasteiger charge is 2.18. The van der Waals surface area contributed by atoms with Crippen molar-refractivity contribution in [2.45, 2.75) is 12.5 Å². The lowest BCUT2D eigenvalue weighted by atomic mass is 10.0. The maximum absolute atomic E-state index is 9.61. The summed E-state index contributed by atoms with van der Waals surface area (Å²) < 4.78 is 5.38. The summed E-state index contributed by atoms with van der Waals surface area (Å²) in [4.78, 5) is 0. The normalized spacial score (nSPS) is 16.5. The average molecular weight is 179 g/mol. The number of nitrogens with two attached hydrogens (primary N) is 1. The Kier molecular flexibility index (Phi) is 2.20. The number of rotatable bonds is 2. The van der Waals surface area contributed by atoms with E-state index in [-0.39, 0.29) is 6.54 Å². The Hall–Kier alpha value is -1.06. The first kappa shape index (κ1) is 8.53. The van der Waals surface area contributed by atoms with Gasteiger partial charge in [-0.3, -0.25) is 0 Å². The lowest BCUT2D eigenvalue weighted by molar-refractivity contribution is 0.186. The Morgan fingerprint density at radius 2 is 2.38 bits per heavy atom. The van der Waals surface area contributed by atoms with Gasteiger partial charge in [-0.2, -0.15) is 0 Å². The summed E-state index contributed by atoms with van der Waals surface area (Å²) in [6.45, 7) is 0.972. The molecule has 3 nitrogen and oxygen atoms in total. The standard InChI is InChI=1S/C10H13NO2/c11-6-9(12)7-2-1-3-10-8(7)4-5-13-10/h1-3,9,12H,4-6,11H2/t9-/m1/s1. The molecule has 1 aliphatic rings. The second kappa shape index (κ2) is 3.36. The van der Waals surface area contributed by atoms with Crippen LogP contribution in [0, 0.1) is 0 Å². The van der Waals surface area contributed by atoms with Gasteiger partial charge in [-0.15, -0.1) is 0 Å². The molecule has 3 N–H and O–H groups in total. The first-order chi connectivity index (χ1) is 6.33. The van der Waals surface area contributed by atoms with Crippen LogP contribution in [0.3, 0.4) is 0 Å². The zero-order valence-corrected chi connectivity index (χ0v) is 7.36. The SMILES string of the molecule is NC[C@@H](O)c1cccc2c1CCO2. The minimum absolute atomic E-state index is 0.260. The van der Waals surface area contributed by atoms with Crippen LogP contribution in [-0.4, -0.2) is 18.3 Å². The lowest BCUT2D eigenvalue weighted by Crippen LogP contribution is -2.12. The molecule has 0 radical (unpaired) electrons. The van der Waals surface area contributed by atoms with Crippen molar-refractivity contribution in [1.82, 2.24) is 0 Å². The Morgan fingerprint density at radius 1 is 1.54 bits per heavy atom. The van der Waals surface area contributed by atoms with Crippen molar-refractivity contribution in [3.05, 3.63) is 29.3 Å². The highest BCUT2D eigenvalue weighted by Crippen LogP contribution is 2.31. The second-order valence-electron chi connectivity index (χ2n) is 3.17. The van der Waals surface area contributed by atoms with Crippen LogP contribution in [0.5, 0.6) is 5.75 Å². The molecule has 1 aliphatic heterocycles. The third kappa shape index (κ3) is 1.41. The van der Waals surface area contributed by atoms with Gasteiger partial charge in [-0.25, -0.2) is 0 Å². The molecule has 0 fully saturated rings. The number of ether oxygens (including phenoxy) is 1. The number of aliphatic hydroxyl groups is 1. The van der Waals surface area contributed by atoms with Crippen molar-refractivity contribution in [1.29, 1.82) is 0 Å². The average Bonchev–Trinajstić information content (AvgIpc) is 2.63. The molecule has 0 bridgehead atoms. The molecule has 70 valence electrons. The van der Waals surface area contributed by atoms with Crippen molar-refractivity contribution >= 4 is 0 Å². The van der Waals surface area contributed by atoms with Crippen LogP contribution in [0.15, 0.2) is 18.2 Å². The molecule has 2 rings (SSSR count). The number of hydrogen-bond donors (Lipinski definition) is 2. The van der Waals surface area contributed by atoms with Crippen LogP contribution in [-0.2, 0) is 6.42 Å². The second-order valence-corrected chi connectivity index (χ2v) is 3.17. The molecule has 0 saturated carbocycles. The summed E-state index contributed by atoms with van der Waals surface area (Å²) in [6.07, 6.45) is 0.319. The molecular formula is C10H13NO2. The van der Waals surface area contributed by atoms with Gasteiger partial charge in [0.05, 0.1) is 12.7 Å². The number of fused-ring (bicyclic) bond motifs is 1. The predicted molar refractivity (Wildman–Crippen MR) is 49.7 cm³/mol. The first-order valence-electron chi connectivity index (χ1n) is 4.45. The maximum atomic E-state index is 9.61. The molecule has 13 heavy (non-hydrogen) atoms. The molecule has 0 saturated heterocycles. The van der Waals surface area contributed by atoms with E-state index in [1.807, 2.05) is 18.2 Å². The van der Waals surface area contributed by atoms with Crippen molar-refractivity contribution in [2.75, 3.05) is 13.2 Å². The van der Waals surface area contributed by atoms with Gasteiger partial charge in [0.2, 0.25) is 0 Å². The molecule has 1 aromatic carbocycles. The van der Waals surface area contributed by atoms with E-state index in [9.17, 15) is 5.11 Å². The van der Waals surface area contributed by atoms with Gasteiger partial charge >= 0.3 is 0 Å². The summed E-state index contributed by atoms with van der Waals surface area (Å²) in [6, 6.07) is 5.72. The Morgan fingerprint density at radius 3 is 3.15 bits per heavy atom. The van der Waals surface area contributed by atoms with E-state index in [1.54, 1.807) is 0 Å². The van der Waals surface area contributed by atoms with Crippen LogP contribution in [0.25, 0.3) is 0 Å². The van der Waals surface area contributed by atoms with E-state index in [0.717, 1.165) is 23.3 Å². The van der Waals surface area contributed by atoms with Crippen LogP contribution in [0.2, 0.25) is 0 Å². The first-order valence-corrected chi connectivity index (χ1v) is 4.45. The van der Waals surface area contributed by atoms with Gasteiger partial charge in [0.15, 0.2) is 0 Å². The zero-order valence-electron chi connectivity index (χ0n) is 7.36. The summed E-state index contributed by atoms with van der Waals surface area (Å²) in [5, 5.41) is 9.61. The quantitative estimate of drug-likeness (QED) is 0.699. The predicted octanol–water partition coefficient (Wildman–Crippen LogP) is 0.614. The maximum Gasteiger partial charge on any atom is 0.122 e. The summed E-state index contributed by atoms with van der Waals surface area (Å²) in [5.41, 5.74) is 7.43. The van der Waals surface area contributed by atoms with Gasteiger partial charge in [0, 0.05) is 18.5 Å². The Bertz CT molecular complexity index is 312. The van der Waals surface area contributed by atoms with Crippen molar-refractivity contribution in [2.24, 2.45) is 5.73 Å². The van der Waals surface area contributed by atoms with Gasteiger partial charge in [-0.1, -0.05) is 12.1 Å². The monoisotopic (exact) mass is 179 g/mol. The number of aliphatic hydroxyl groups excluding tert-OH is 1. The van der Waals surface area contributed by atoms with Crippen molar-refractivity contribution in [3.8, 4) is 5.75 Å². The Labute approximate surface area is 77.1 Å². The Balaban J connectivity index is 2.41. The topological polar surface area (TPSA) is 55.5 Å². The van der Waals surface area contributed by atoms with Crippen molar-refractivity contribution in [3.63, 3.8) is 0 Å². The number of benzene rings is 1. The molecular weight excluding hydrogens is 166 g/mol. The molecule has 0 unspecified atom stereocenters. The molecule has 1 aromatic rings. The van der Waals surface area contributed by atoms with Gasteiger partial charge in [-0.05, 0) is 11.6 Å². The van der Waals surface area contributed by atoms with E-state index >= 15 is 0 Å². The summed E-state index contributed by atoms with van der Waals surface area (Å²) in [7, 11) is 0. The van der Waals surface area contributed by atoms with Gasteiger partial charge in [0.25, 0.3) is 0 Å². The fourth-order valence-corrected chi connectivity index (χ4v) is 1.69. The third-order valence-corrected chi connectivity index (χ3v) is 2.36. The fraction of sp³-hybridized carbons (Fsp3) is 0.400. The number of hydrogen-bond acceptors (Lipinski definition) is 3. The minimum Gasteiger partial charge on any atom is -0.493 e. The van der Waals surface area contributed by atoms with E-state index in [2.05, 4.69) is 0 Å². The highest BCUT2D eigenvalue weighted by molar-refractivity contribution is 5.43. The van der Waals surface area contributed by atoms with Gasteiger partial charge < -0.3 is 15.6 Å². The summed E-state index contributed by atoms with van der Waals surface area (Å²) in [5.74, 6) is 0.894. The third-order valence-electron chi connectivity index (χ3n) is 2.36. The van der Waals surface area contributed by atoms with E-state index < -0.39 is 6.10 Å². The molecule has 0 aliphatic carbocycles. The zero-order chi connectivity index (χ0) is 9.26. The van der Waals surface area contributed by atoms with Crippen LogP contribution in [0.4, 0.5) is 0 Å². The smallest absolute Gasteiger partial charge is 0.122 e. The molecule has 1 atom stereocenters. The van der Waals surface area contributed by atoms with E-state index in [1.165, 1.54) is 0 Å². The van der Waals surface area contributed by atoms with E-state index in [0.29, 0.717) is 6.61 Å². The molecule has 0 amide bonds. The van der Waals surface area contributed by atoms with Crippen molar-refractivity contribution < 1.29 is 9.84 Å².